The van der Waals surface area contributed by atoms with Gasteiger partial charge >= 0.3 is 0 Å². The topological polar surface area (TPSA) is 42.5 Å². The van der Waals surface area contributed by atoms with Crippen LogP contribution in [0.2, 0.25) is 0 Å². The first-order valence-corrected chi connectivity index (χ1v) is 3.84. The summed E-state index contributed by atoms with van der Waals surface area (Å²) in [5.74, 6) is 0. The lowest BCUT2D eigenvalue weighted by Gasteiger charge is -2.15. The van der Waals surface area contributed by atoms with Gasteiger partial charge in [0.2, 0.25) is 0 Å². The van der Waals surface area contributed by atoms with Crippen LogP contribution in [0.15, 0.2) is 23.5 Å². The largest absolute Gasteiger partial charge is 0.280 e. The monoisotopic (exact) mass is 170 g/mol. The number of hydrogen-bond acceptors (Lipinski definition) is 4. The standard InChI is InChI=1S/C8H14N2O2/c1-11-9-7-3-5-8(6-4-7)10-12-2/h3,5,9-10H,4,6H2,1-2H3. The van der Waals surface area contributed by atoms with Crippen molar-refractivity contribution in [1.29, 1.82) is 0 Å². The molecule has 0 unspecified atom stereocenters. The summed E-state index contributed by atoms with van der Waals surface area (Å²) in [5.41, 5.74) is 7.76. The van der Waals surface area contributed by atoms with E-state index in [2.05, 4.69) is 11.0 Å². The Kier molecular flexibility index (Phi) is 3.63. The van der Waals surface area contributed by atoms with Gasteiger partial charge in [0.15, 0.2) is 0 Å². The molecule has 0 aliphatic heterocycles. The molecule has 0 heterocycles. The lowest BCUT2D eigenvalue weighted by molar-refractivity contribution is 0.107. The molecule has 0 radical (unpaired) electrons. The van der Waals surface area contributed by atoms with E-state index in [-0.39, 0.29) is 0 Å². The summed E-state index contributed by atoms with van der Waals surface area (Å²) >= 11 is 0. The first-order chi connectivity index (χ1) is 5.86. The molecular weight excluding hydrogens is 156 g/mol. The second-order valence-electron chi connectivity index (χ2n) is 2.50. The zero-order chi connectivity index (χ0) is 8.81. The molecule has 0 saturated heterocycles. The van der Waals surface area contributed by atoms with Crippen molar-refractivity contribution in [3.8, 4) is 0 Å². The summed E-state index contributed by atoms with van der Waals surface area (Å²) in [4.78, 5) is 9.55. The Labute approximate surface area is 72.1 Å². The highest BCUT2D eigenvalue weighted by atomic mass is 16.6. The Hall–Kier alpha value is -1.00. The lowest BCUT2D eigenvalue weighted by Crippen LogP contribution is -2.17. The predicted octanol–water partition coefficient (Wildman–Crippen LogP) is 0.850. The quantitative estimate of drug-likeness (QED) is 0.614. The Morgan fingerprint density at radius 3 is 1.67 bits per heavy atom. The fraction of sp³-hybridized carbons (Fsp3) is 0.500. The minimum Gasteiger partial charge on any atom is -0.280 e. The van der Waals surface area contributed by atoms with E-state index in [0.29, 0.717) is 0 Å². The first-order valence-electron chi connectivity index (χ1n) is 3.84. The fourth-order valence-corrected chi connectivity index (χ4v) is 1.07. The molecule has 0 saturated carbocycles. The molecule has 0 aromatic heterocycles. The van der Waals surface area contributed by atoms with E-state index >= 15 is 0 Å². The van der Waals surface area contributed by atoms with Crippen molar-refractivity contribution in [3.63, 3.8) is 0 Å². The van der Waals surface area contributed by atoms with E-state index in [1.807, 2.05) is 12.2 Å². The molecule has 0 aromatic rings. The van der Waals surface area contributed by atoms with E-state index in [1.54, 1.807) is 14.2 Å². The molecule has 1 rings (SSSR count). The summed E-state index contributed by atoms with van der Waals surface area (Å²) in [7, 11) is 3.21. The van der Waals surface area contributed by atoms with Crippen molar-refractivity contribution in [1.82, 2.24) is 11.0 Å². The average molecular weight is 170 g/mol. The van der Waals surface area contributed by atoms with Gasteiger partial charge in [-0.25, -0.2) is 0 Å². The number of rotatable bonds is 4. The number of allylic oxidation sites excluding steroid dienone is 4. The minimum absolute atomic E-state index is 0.941. The molecule has 4 heteroatoms. The molecule has 4 nitrogen and oxygen atoms in total. The highest BCUT2D eigenvalue weighted by Crippen LogP contribution is 2.13. The van der Waals surface area contributed by atoms with Gasteiger partial charge in [-0.1, -0.05) is 0 Å². The van der Waals surface area contributed by atoms with Gasteiger partial charge in [0.1, 0.15) is 0 Å². The Balaban J connectivity index is 2.42. The highest BCUT2D eigenvalue weighted by Gasteiger charge is 2.04. The molecule has 0 spiro atoms. The van der Waals surface area contributed by atoms with Crippen molar-refractivity contribution in [2.75, 3.05) is 14.2 Å². The highest BCUT2D eigenvalue weighted by molar-refractivity contribution is 5.20. The van der Waals surface area contributed by atoms with Gasteiger partial charge in [0, 0.05) is 11.4 Å². The summed E-state index contributed by atoms with van der Waals surface area (Å²) in [6.07, 6.45) is 5.81. The van der Waals surface area contributed by atoms with E-state index < -0.39 is 0 Å². The molecule has 12 heavy (non-hydrogen) atoms. The van der Waals surface area contributed by atoms with E-state index in [9.17, 15) is 0 Å². The molecule has 0 aromatic carbocycles. The summed E-state index contributed by atoms with van der Waals surface area (Å²) < 4.78 is 0. The third-order valence-corrected chi connectivity index (χ3v) is 1.62. The van der Waals surface area contributed by atoms with Gasteiger partial charge in [-0.2, -0.15) is 0 Å². The first kappa shape index (κ1) is 9.09. The van der Waals surface area contributed by atoms with Crippen LogP contribution in [0, 0.1) is 0 Å². The number of hydroxylamine groups is 2. The lowest BCUT2D eigenvalue weighted by atomic mass is 10.1. The van der Waals surface area contributed by atoms with E-state index in [1.165, 1.54) is 0 Å². The van der Waals surface area contributed by atoms with Crippen LogP contribution in [-0.2, 0) is 9.68 Å². The normalized spacial score (nSPS) is 16.5. The molecule has 1 aliphatic carbocycles. The van der Waals surface area contributed by atoms with Crippen molar-refractivity contribution >= 4 is 0 Å². The zero-order valence-electron chi connectivity index (χ0n) is 7.39. The maximum atomic E-state index is 4.78. The van der Waals surface area contributed by atoms with Crippen LogP contribution in [0.5, 0.6) is 0 Å². The SMILES string of the molecule is CONC1=CC=C(NOC)CC1. The van der Waals surface area contributed by atoms with Crippen LogP contribution in [0.1, 0.15) is 12.8 Å². The van der Waals surface area contributed by atoms with Gasteiger partial charge in [-0.05, 0) is 25.0 Å². The third-order valence-electron chi connectivity index (χ3n) is 1.62. The molecule has 1 aliphatic rings. The predicted molar refractivity (Wildman–Crippen MR) is 45.7 cm³/mol. The third kappa shape index (κ3) is 2.56. The zero-order valence-corrected chi connectivity index (χ0v) is 7.39. The Morgan fingerprint density at radius 2 is 1.42 bits per heavy atom. The van der Waals surface area contributed by atoms with Crippen molar-refractivity contribution in [2.24, 2.45) is 0 Å². The van der Waals surface area contributed by atoms with Crippen LogP contribution in [0.4, 0.5) is 0 Å². The van der Waals surface area contributed by atoms with Gasteiger partial charge < -0.3 is 0 Å². The summed E-state index contributed by atoms with van der Waals surface area (Å²) in [6, 6.07) is 0. The van der Waals surface area contributed by atoms with Gasteiger partial charge in [0.25, 0.3) is 0 Å². The number of nitrogens with one attached hydrogen (secondary N) is 2. The summed E-state index contributed by atoms with van der Waals surface area (Å²) in [6.45, 7) is 0. The maximum absolute atomic E-state index is 4.78. The molecular formula is C8H14N2O2. The maximum Gasteiger partial charge on any atom is 0.0636 e. The molecule has 68 valence electrons. The second kappa shape index (κ2) is 4.79. The number of hydrogen-bond donors (Lipinski definition) is 2. The van der Waals surface area contributed by atoms with Gasteiger partial charge in [0.05, 0.1) is 14.2 Å². The van der Waals surface area contributed by atoms with Gasteiger partial charge in [-0.15, -0.1) is 0 Å². The Bertz CT molecular complexity index is 177. The molecule has 0 bridgehead atoms. The average Bonchev–Trinajstić information content (AvgIpc) is 2.09. The fourth-order valence-electron chi connectivity index (χ4n) is 1.07. The molecule has 2 N–H and O–H groups in total. The molecule has 0 atom stereocenters. The van der Waals surface area contributed by atoms with Crippen molar-refractivity contribution < 1.29 is 9.68 Å². The van der Waals surface area contributed by atoms with E-state index in [0.717, 1.165) is 24.2 Å². The Morgan fingerprint density at radius 1 is 1.00 bits per heavy atom. The van der Waals surface area contributed by atoms with Crippen molar-refractivity contribution in [3.05, 3.63) is 23.5 Å². The summed E-state index contributed by atoms with van der Waals surface area (Å²) in [5, 5.41) is 0. The van der Waals surface area contributed by atoms with Crippen LogP contribution < -0.4 is 11.0 Å². The minimum atomic E-state index is 0.941. The smallest absolute Gasteiger partial charge is 0.0636 e. The van der Waals surface area contributed by atoms with E-state index in [4.69, 9.17) is 9.68 Å². The molecule has 0 amide bonds. The van der Waals surface area contributed by atoms with Crippen LogP contribution in [0.25, 0.3) is 0 Å². The molecule has 0 fully saturated rings. The van der Waals surface area contributed by atoms with Crippen LogP contribution in [-0.4, -0.2) is 14.2 Å². The van der Waals surface area contributed by atoms with Crippen LogP contribution >= 0.6 is 0 Å². The van der Waals surface area contributed by atoms with Gasteiger partial charge in [-0.3, -0.25) is 20.6 Å². The van der Waals surface area contributed by atoms with Crippen LogP contribution in [0.3, 0.4) is 0 Å². The van der Waals surface area contributed by atoms with Crippen molar-refractivity contribution in [2.45, 2.75) is 12.8 Å². The second-order valence-corrected chi connectivity index (χ2v) is 2.50.